The molecule has 5 heteroatoms. The summed E-state index contributed by atoms with van der Waals surface area (Å²) < 4.78 is 33.9. The van der Waals surface area contributed by atoms with Crippen LogP contribution in [-0.2, 0) is 23.0 Å². The van der Waals surface area contributed by atoms with Crippen LogP contribution < -0.4 is 0 Å². The lowest BCUT2D eigenvalue weighted by molar-refractivity contribution is -0.0127. The van der Waals surface area contributed by atoms with Crippen molar-refractivity contribution in [1.29, 1.82) is 5.26 Å². The average molecular weight is 368 g/mol. The fourth-order valence-corrected chi connectivity index (χ4v) is 4.25. The molecule has 0 unspecified atom stereocenters. The number of nitrogens with zero attached hydrogens (tertiary/aromatic N) is 2. The van der Waals surface area contributed by atoms with Gasteiger partial charge in [0.05, 0.1) is 11.3 Å². The van der Waals surface area contributed by atoms with Crippen molar-refractivity contribution in [3.05, 3.63) is 52.8 Å². The molecule has 3 nitrogen and oxygen atoms in total. The van der Waals surface area contributed by atoms with E-state index < -0.39 is 5.92 Å². The standard InChI is InChI=1S/C22H22F2N2O/c1-21(9-11-27-12-10-21)20-17(14-25)19(15-5-3-2-4-6-15)16-13-22(23,24)8-7-18(16)26-20/h2-6H,7-13H2,1H3. The van der Waals surface area contributed by atoms with Crippen LogP contribution in [0, 0.1) is 11.3 Å². The highest BCUT2D eigenvalue weighted by Crippen LogP contribution is 2.44. The SMILES string of the molecule is CC1(c2nc3c(c(-c4ccccc4)c2C#N)CC(F)(F)CC3)CCOCC1. The monoisotopic (exact) mass is 368 g/mol. The van der Waals surface area contributed by atoms with Crippen molar-refractivity contribution in [3.63, 3.8) is 0 Å². The van der Waals surface area contributed by atoms with E-state index in [0.29, 0.717) is 29.9 Å². The number of aromatic nitrogens is 1. The lowest BCUT2D eigenvalue weighted by Gasteiger charge is -2.36. The van der Waals surface area contributed by atoms with Gasteiger partial charge in [0.2, 0.25) is 0 Å². The Morgan fingerprint density at radius 2 is 1.81 bits per heavy atom. The van der Waals surface area contributed by atoms with Crippen LogP contribution in [0.3, 0.4) is 0 Å². The zero-order valence-corrected chi connectivity index (χ0v) is 15.4. The molecule has 1 aliphatic carbocycles. The summed E-state index contributed by atoms with van der Waals surface area (Å²) >= 11 is 0. The molecule has 0 N–H and O–H groups in total. The first-order chi connectivity index (χ1) is 12.9. The molecule has 1 aromatic carbocycles. The van der Waals surface area contributed by atoms with E-state index in [0.717, 1.165) is 29.8 Å². The van der Waals surface area contributed by atoms with Crippen LogP contribution in [0.2, 0.25) is 0 Å². The van der Waals surface area contributed by atoms with Crippen LogP contribution in [-0.4, -0.2) is 24.1 Å². The van der Waals surface area contributed by atoms with Crippen molar-refractivity contribution in [1.82, 2.24) is 4.98 Å². The highest BCUT2D eigenvalue weighted by atomic mass is 19.3. The summed E-state index contributed by atoms with van der Waals surface area (Å²) in [4.78, 5) is 4.82. The number of alkyl halides is 2. The van der Waals surface area contributed by atoms with Crippen LogP contribution in [0.5, 0.6) is 0 Å². The van der Waals surface area contributed by atoms with Gasteiger partial charge in [-0.2, -0.15) is 5.26 Å². The summed E-state index contributed by atoms with van der Waals surface area (Å²) in [5.41, 5.74) is 3.63. The number of halogens is 2. The number of hydrogen-bond acceptors (Lipinski definition) is 3. The predicted molar refractivity (Wildman–Crippen MR) is 98.8 cm³/mol. The highest BCUT2D eigenvalue weighted by Gasteiger charge is 2.40. The smallest absolute Gasteiger partial charge is 0.252 e. The molecule has 0 radical (unpaired) electrons. The predicted octanol–water partition coefficient (Wildman–Crippen LogP) is 4.81. The number of ether oxygens (including phenoxy) is 1. The Kier molecular flexibility index (Phi) is 4.47. The van der Waals surface area contributed by atoms with Gasteiger partial charge >= 0.3 is 0 Å². The van der Waals surface area contributed by atoms with E-state index in [1.165, 1.54) is 0 Å². The summed E-state index contributed by atoms with van der Waals surface area (Å²) in [6.45, 7) is 3.36. The number of aryl methyl sites for hydroxylation is 1. The van der Waals surface area contributed by atoms with Gasteiger partial charge in [-0.15, -0.1) is 0 Å². The molecule has 1 saturated heterocycles. The normalized spacial score (nSPS) is 20.5. The minimum atomic E-state index is -2.75. The molecule has 2 heterocycles. The highest BCUT2D eigenvalue weighted by molar-refractivity contribution is 5.76. The Morgan fingerprint density at radius 1 is 1.11 bits per heavy atom. The van der Waals surface area contributed by atoms with Crippen molar-refractivity contribution in [2.24, 2.45) is 0 Å². The van der Waals surface area contributed by atoms with Crippen LogP contribution in [0.1, 0.15) is 48.7 Å². The number of rotatable bonds is 2. The molecule has 1 aliphatic heterocycles. The Morgan fingerprint density at radius 3 is 2.48 bits per heavy atom. The maximum absolute atomic E-state index is 14.2. The second-order valence-electron chi connectivity index (χ2n) is 7.82. The van der Waals surface area contributed by atoms with Gasteiger partial charge in [0.25, 0.3) is 5.92 Å². The summed E-state index contributed by atoms with van der Waals surface area (Å²) in [7, 11) is 0. The van der Waals surface area contributed by atoms with Crippen molar-refractivity contribution in [2.45, 2.75) is 50.4 Å². The molecule has 0 amide bonds. The Labute approximate surface area is 158 Å². The largest absolute Gasteiger partial charge is 0.381 e. The molecule has 2 aromatic rings. The van der Waals surface area contributed by atoms with E-state index in [2.05, 4.69) is 13.0 Å². The molecule has 27 heavy (non-hydrogen) atoms. The van der Waals surface area contributed by atoms with E-state index in [1.54, 1.807) is 0 Å². The quantitative estimate of drug-likeness (QED) is 0.764. The molecular weight excluding hydrogens is 346 g/mol. The molecule has 0 atom stereocenters. The zero-order chi connectivity index (χ0) is 19.1. The lowest BCUT2D eigenvalue weighted by atomic mass is 9.74. The Hall–Kier alpha value is -2.32. The third kappa shape index (κ3) is 3.23. The maximum Gasteiger partial charge on any atom is 0.252 e. The average Bonchev–Trinajstić information content (AvgIpc) is 2.67. The number of benzene rings is 1. The Balaban J connectivity index is 1.99. The first kappa shape index (κ1) is 18.1. The minimum Gasteiger partial charge on any atom is -0.381 e. The fourth-order valence-electron chi connectivity index (χ4n) is 4.25. The van der Waals surface area contributed by atoms with Gasteiger partial charge < -0.3 is 4.74 Å². The first-order valence-corrected chi connectivity index (χ1v) is 9.41. The third-order valence-electron chi connectivity index (χ3n) is 5.89. The van der Waals surface area contributed by atoms with Crippen molar-refractivity contribution in [2.75, 3.05) is 13.2 Å². The molecule has 0 spiro atoms. The van der Waals surface area contributed by atoms with Gasteiger partial charge in [0, 0.05) is 42.7 Å². The summed E-state index contributed by atoms with van der Waals surface area (Å²) in [5.74, 6) is -2.75. The number of fused-ring (bicyclic) bond motifs is 1. The molecule has 1 fully saturated rings. The molecule has 4 rings (SSSR count). The van der Waals surface area contributed by atoms with Gasteiger partial charge in [0.1, 0.15) is 6.07 Å². The van der Waals surface area contributed by atoms with Crippen LogP contribution >= 0.6 is 0 Å². The molecule has 140 valence electrons. The fraction of sp³-hybridized carbons (Fsp3) is 0.455. The minimum absolute atomic E-state index is 0.188. The van der Waals surface area contributed by atoms with Gasteiger partial charge in [-0.25, -0.2) is 8.78 Å². The van der Waals surface area contributed by atoms with Gasteiger partial charge in [-0.1, -0.05) is 37.3 Å². The zero-order valence-electron chi connectivity index (χ0n) is 15.4. The van der Waals surface area contributed by atoms with Gasteiger partial charge in [0.15, 0.2) is 0 Å². The molecule has 0 saturated carbocycles. The van der Waals surface area contributed by atoms with Crippen LogP contribution in [0.15, 0.2) is 30.3 Å². The van der Waals surface area contributed by atoms with E-state index >= 15 is 0 Å². The first-order valence-electron chi connectivity index (χ1n) is 9.41. The van der Waals surface area contributed by atoms with Crippen molar-refractivity contribution in [3.8, 4) is 17.2 Å². The summed E-state index contributed by atoms with van der Waals surface area (Å²) in [5, 5.41) is 10.0. The molecule has 1 aromatic heterocycles. The van der Waals surface area contributed by atoms with Crippen molar-refractivity contribution < 1.29 is 13.5 Å². The van der Waals surface area contributed by atoms with E-state index in [-0.39, 0.29) is 24.7 Å². The topological polar surface area (TPSA) is 45.9 Å². The van der Waals surface area contributed by atoms with Crippen LogP contribution in [0.4, 0.5) is 8.78 Å². The second kappa shape index (κ2) is 6.69. The van der Waals surface area contributed by atoms with E-state index in [9.17, 15) is 14.0 Å². The summed E-state index contributed by atoms with van der Waals surface area (Å²) in [6, 6.07) is 11.7. The summed E-state index contributed by atoms with van der Waals surface area (Å²) in [6.07, 6.45) is 1.25. The number of nitriles is 1. The molecular formula is C22H22F2N2O. The molecule has 2 aliphatic rings. The lowest BCUT2D eigenvalue weighted by Crippen LogP contribution is -2.35. The van der Waals surface area contributed by atoms with Gasteiger partial charge in [-0.3, -0.25) is 4.98 Å². The van der Waals surface area contributed by atoms with Crippen LogP contribution in [0.25, 0.3) is 11.1 Å². The number of hydrogen-bond donors (Lipinski definition) is 0. The van der Waals surface area contributed by atoms with E-state index in [4.69, 9.17) is 9.72 Å². The maximum atomic E-state index is 14.2. The van der Waals surface area contributed by atoms with Crippen molar-refractivity contribution >= 4 is 0 Å². The molecule has 0 bridgehead atoms. The second-order valence-corrected chi connectivity index (χ2v) is 7.82. The number of pyridine rings is 1. The Bertz CT molecular complexity index is 897. The van der Waals surface area contributed by atoms with E-state index in [1.807, 2.05) is 30.3 Å². The third-order valence-corrected chi connectivity index (χ3v) is 5.89. The van der Waals surface area contributed by atoms with Gasteiger partial charge in [-0.05, 0) is 30.4 Å².